The number of carbonyl (C=O) groups is 2. The number of furan rings is 1. The van der Waals surface area contributed by atoms with E-state index in [4.69, 9.17) is 9.15 Å². The highest BCUT2D eigenvalue weighted by molar-refractivity contribution is 6.47. The summed E-state index contributed by atoms with van der Waals surface area (Å²) in [5, 5.41) is 2.72. The molecular weight excluding hydrogens is 491 g/mol. The van der Waals surface area contributed by atoms with Crippen LogP contribution in [0.4, 0.5) is 21.7 Å². The number of hydrogen-bond acceptors (Lipinski definition) is 8. The number of fused-ring (bicyclic) bond motifs is 3. The first-order valence-electron chi connectivity index (χ1n) is 12.2. The summed E-state index contributed by atoms with van der Waals surface area (Å²) in [6.07, 6.45) is 3.86. The predicted molar refractivity (Wildman–Crippen MR) is 138 cm³/mol. The predicted octanol–water partition coefficient (Wildman–Crippen LogP) is 3.43. The van der Waals surface area contributed by atoms with Crippen LogP contribution in [0.15, 0.2) is 59.5 Å². The first kappa shape index (κ1) is 23.7. The van der Waals surface area contributed by atoms with Crippen molar-refractivity contribution in [2.45, 2.75) is 13.0 Å². The first-order chi connectivity index (χ1) is 18.4. The minimum absolute atomic E-state index is 0.0625. The van der Waals surface area contributed by atoms with Gasteiger partial charge >= 0.3 is 0 Å². The van der Waals surface area contributed by atoms with E-state index in [-0.39, 0.29) is 11.7 Å². The summed E-state index contributed by atoms with van der Waals surface area (Å²) >= 11 is 0. The highest BCUT2D eigenvalue weighted by Gasteiger charge is 2.34. The summed E-state index contributed by atoms with van der Waals surface area (Å²) in [6, 6.07) is 10.7. The molecule has 2 aliphatic rings. The molecule has 10 nitrogen and oxygen atoms in total. The van der Waals surface area contributed by atoms with E-state index in [1.807, 2.05) is 24.0 Å². The van der Waals surface area contributed by atoms with Crippen molar-refractivity contribution in [2.75, 3.05) is 41.4 Å². The smallest absolute Gasteiger partial charge is 0.298 e. The SMILES string of the molecule is Cc1cc(-c2ccco2)c(C(=O)C(=O)Nc2ccc3c(c2)OCC2CN(c4ncc(F)cn4)CCN32)n1C. The highest BCUT2D eigenvalue weighted by atomic mass is 19.1. The molecule has 38 heavy (non-hydrogen) atoms. The Morgan fingerprint density at radius 3 is 2.71 bits per heavy atom. The normalized spacial score (nSPS) is 16.4. The number of piperazine rings is 1. The lowest BCUT2D eigenvalue weighted by atomic mass is 10.1. The summed E-state index contributed by atoms with van der Waals surface area (Å²) in [5.74, 6) is -0.242. The maximum Gasteiger partial charge on any atom is 0.298 e. The number of aromatic nitrogens is 3. The van der Waals surface area contributed by atoms with Gasteiger partial charge in [-0.3, -0.25) is 9.59 Å². The highest BCUT2D eigenvalue weighted by Crippen LogP contribution is 2.38. The Labute approximate surface area is 217 Å². The van der Waals surface area contributed by atoms with E-state index >= 15 is 0 Å². The molecule has 194 valence electrons. The lowest BCUT2D eigenvalue weighted by Gasteiger charge is -2.45. The van der Waals surface area contributed by atoms with Crippen LogP contribution in [0.5, 0.6) is 5.75 Å². The van der Waals surface area contributed by atoms with Crippen molar-refractivity contribution in [1.29, 1.82) is 0 Å². The van der Waals surface area contributed by atoms with Crippen LogP contribution >= 0.6 is 0 Å². The van der Waals surface area contributed by atoms with Crippen molar-refractivity contribution >= 4 is 29.0 Å². The number of hydrogen-bond donors (Lipinski definition) is 1. The molecule has 11 heteroatoms. The Kier molecular flexibility index (Phi) is 5.82. The second-order valence-corrected chi connectivity index (χ2v) is 9.36. The molecule has 1 fully saturated rings. The maximum atomic E-state index is 13.2. The van der Waals surface area contributed by atoms with Gasteiger partial charge in [-0.05, 0) is 37.3 Å². The van der Waals surface area contributed by atoms with E-state index in [1.54, 1.807) is 35.9 Å². The number of carbonyl (C=O) groups excluding carboxylic acids is 2. The molecule has 0 spiro atoms. The van der Waals surface area contributed by atoms with Gasteiger partial charge in [0, 0.05) is 49.7 Å². The Morgan fingerprint density at radius 1 is 1.13 bits per heavy atom. The Hall–Kier alpha value is -4.67. The molecule has 0 radical (unpaired) electrons. The summed E-state index contributed by atoms with van der Waals surface area (Å²) in [5.41, 5.74) is 3.03. The van der Waals surface area contributed by atoms with Gasteiger partial charge in [0.25, 0.3) is 11.7 Å². The molecule has 1 N–H and O–H groups in total. The fraction of sp³-hybridized carbons (Fsp3) is 0.259. The van der Waals surface area contributed by atoms with Crippen LogP contribution in [0.1, 0.15) is 16.2 Å². The molecule has 1 atom stereocenters. The average Bonchev–Trinajstić information content (AvgIpc) is 3.56. The van der Waals surface area contributed by atoms with Gasteiger partial charge in [0.2, 0.25) is 5.95 Å². The number of aryl methyl sites for hydroxylation is 1. The van der Waals surface area contributed by atoms with Crippen LogP contribution in [0.3, 0.4) is 0 Å². The zero-order chi connectivity index (χ0) is 26.4. The van der Waals surface area contributed by atoms with Crippen LogP contribution in [0.2, 0.25) is 0 Å². The zero-order valence-electron chi connectivity index (χ0n) is 20.8. The third-order valence-corrected chi connectivity index (χ3v) is 7.01. The fourth-order valence-electron chi connectivity index (χ4n) is 5.02. The molecular formula is C27H25FN6O4. The van der Waals surface area contributed by atoms with Crippen LogP contribution in [-0.2, 0) is 11.8 Å². The molecule has 4 aromatic rings. The Bertz CT molecular complexity index is 1520. The lowest BCUT2D eigenvalue weighted by Crippen LogP contribution is -2.57. The van der Waals surface area contributed by atoms with Gasteiger partial charge in [-0.2, -0.15) is 0 Å². The third-order valence-electron chi connectivity index (χ3n) is 7.01. The molecule has 1 aromatic carbocycles. The minimum atomic E-state index is -0.749. The molecule has 0 saturated carbocycles. The second kappa shape index (κ2) is 9.33. The zero-order valence-corrected chi connectivity index (χ0v) is 20.8. The van der Waals surface area contributed by atoms with Gasteiger partial charge in [0.15, 0.2) is 5.82 Å². The van der Waals surface area contributed by atoms with Gasteiger partial charge in [0.1, 0.15) is 23.8 Å². The van der Waals surface area contributed by atoms with Crippen molar-refractivity contribution in [1.82, 2.24) is 14.5 Å². The average molecular weight is 517 g/mol. The molecule has 0 aliphatic carbocycles. The maximum absolute atomic E-state index is 13.2. The molecule has 1 unspecified atom stereocenters. The van der Waals surface area contributed by atoms with E-state index in [2.05, 4.69) is 20.2 Å². The summed E-state index contributed by atoms with van der Waals surface area (Å²) in [4.78, 5) is 38.6. The quantitative estimate of drug-likeness (QED) is 0.318. The van der Waals surface area contributed by atoms with Crippen molar-refractivity contribution in [3.8, 4) is 17.1 Å². The molecule has 6 rings (SSSR count). The first-order valence-corrected chi connectivity index (χ1v) is 12.2. The molecule has 2 aliphatic heterocycles. The van der Waals surface area contributed by atoms with Gasteiger partial charge < -0.3 is 28.8 Å². The standard InChI is InChI=1S/C27H25FN6O4/c1-16-10-20(22-4-3-9-37-22)24(32(16)2)25(35)26(36)31-18-5-6-21-23(11-18)38-15-19-14-33(7-8-34(19)21)27-29-12-17(28)13-30-27/h3-6,9-13,19H,7-8,14-15H2,1-2H3,(H,31,36). The van der Waals surface area contributed by atoms with Crippen LogP contribution in [0.25, 0.3) is 11.3 Å². The number of nitrogens with zero attached hydrogens (tertiary/aromatic N) is 5. The Morgan fingerprint density at radius 2 is 1.95 bits per heavy atom. The van der Waals surface area contributed by atoms with Gasteiger partial charge in [-0.25, -0.2) is 14.4 Å². The van der Waals surface area contributed by atoms with Crippen LogP contribution < -0.4 is 19.9 Å². The Balaban J connectivity index is 1.17. The molecule has 1 saturated heterocycles. The summed E-state index contributed by atoms with van der Waals surface area (Å²) in [6.45, 7) is 4.29. The topological polar surface area (TPSA) is 106 Å². The van der Waals surface area contributed by atoms with Gasteiger partial charge in [-0.1, -0.05) is 0 Å². The van der Waals surface area contributed by atoms with Gasteiger partial charge in [-0.15, -0.1) is 0 Å². The van der Waals surface area contributed by atoms with Crippen molar-refractivity contribution in [3.63, 3.8) is 0 Å². The number of Topliss-reactive ketones (excluding diaryl/α,β-unsaturated/α-hetero) is 1. The number of benzene rings is 1. The number of ketones is 1. The van der Waals surface area contributed by atoms with Crippen molar-refractivity contribution in [2.24, 2.45) is 7.05 Å². The van der Waals surface area contributed by atoms with E-state index in [0.717, 1.165) is 11.4 Å². The molecule has 0 bridgehead atoms. The molecule has 5 heterocycles. The monoisotopic (exact) mass is 516 g/mol. The summed E-state index contributed by atoms with van der Waals surface area (Å²) in [7, 11) is 1.74. The minimum Gasteiger partial charge on any atom is -0.489 e. The fourth-order valence-corrected chi connectivity index (χ4v) is 5.02. The lowest BCUT2D eigenvalue weighted by molar-refractivity contribution is -0.112. The van der Waals surface area contributed by atoms with E-state index in [1.165, 1.54) is 18.7 Å². The number of rotatable bonds is 5. The number of ether oxygens (including phenoxy) is 1. The number of nitrogens with one attached hydrogen (secondary N) is 1. The molecule has 3 aromatic heterocycles. The van der Waals surface area contributed by atoms with Crippen molar-refractivity contribution in [3.05, 3.63) is 72.3 Å². The van der Waals surface area contributed by atoms with E-state index < -0.39 is 17.5 Å². The second-order valence-electron chi connectivity index (χ2n) is 9.36. The van der Waals surface area contributed by atoms with Crippen molar-refractivity contribution < 1.29 is 23.1 Å². The van der Waals surface area contributed by atoms with Crippen LogP contribution in [0, 0.1) is 12.7 Å². The largest absolute Gasteiger partial charge is 0.489 e. The number of amides is 1. The van der Waals surface area contributed by atoms with E-state index in [0.29, 0.717) is 55.0 Å². The molecule has 1 amide bonds. The van der Waals surface area contributed by atoms with E-state index in [9.17, 15) is 14.0 Å². The number of halogens is 1. The third kappa shape index (κ3) is 4.15. The number of anilines is 3. The summed E-state index contributed by atoms with van der Waals surface area (Å²) < 4.78 is 26.4. The van der Waals surface area contributed by atoms with Gasteiger partial charge in [0.05, 0.1) is 30.4 Å². The van der Waals surface area contributed by atoms with Crippen LogP contribution in [-0.4, -0.2) is 58.5 Å².